The third kappa shape index (κ3) is 1.77. The first-order chi connectivity index (χ1) is 9.83. The molecule has 1 aliphatic carbocycles. The van der Waals surface area contributed by atoms with Gasteiger partial charge in [-0.15, -0.1) is 0 Å². The molecule has 2 heterocycles. The van der Waals surface area contributed by atoms with Gasteiger partial charge in [0.1, 0.15) is 0 Å². The number of H-pyrrole nitrogens is 1. The highest BCUT2D eigenvalue weighted by atomic mass is 15.0. The minimum Gasteiger partial charge on any atom is -0.348 e. The molecule has 3 heteroatoms. The van der Waals surface area contributed by atoms with Crippen LogP contribution in [0.5, 0.6) is 0 Å². The molecule has 0 radical (unpaired) electrons. The lowest BCUT2D eigenvalue weighted by Crippen LogP contribution is -2.17. The molecule has 0 amide bonds. The molecule has 1 aromatic carbocycles. The molecule has 0 saturated carbocycles. The molecule has 102 valence electrons. The zero-order valence-corrected chi connectivity index (χ0v) is 11.8. The van der Waals surface area contributed by atoms with Crippen molar-refractivity contribution in [2.45, 2.75) is 25.7 Å². The summed E-state index contributed by atoms with van der Waals surface area (Å²) in [5, 5.41) is 1.44. The highest BCUT2D eigenvalue weighted by Crippen LogP contribution is 2.34. The number of nitrogens with one attached hydrogen (secondary N) is 1. The van der Waals surface area contributed by atoms with Gasteiger partial charge in [0.25, 0.3) is 0 Å². The van der Waals surface area contributed by atoms with Crippen molar-refractivity contribution in [1.82, 2.24) is 14.5 Å². The van der Waals surface area contributed by atoms with E-state index in [2.05, 4.69) is 45.8 Å². The maximum Gasteiger partial charge on any atom is 0.0921 e. The van der Waals surface area contributed by atoms with E-state index in [0.29, 0.717) is 0 Å². The van der Waals surface area contributed by atoms with Crippen molar-refractivity contribution in [1.29, 1.82) is 0 Å². The van der Waals surface area contributed by atoms with Crippen molar-refractivity contribution in [3.05, 3.63) is 53.7 Å². The minimum atomic E-state index is 0.730. The van der Waals surface area contributed by atoms with Gasteiger partial charge in [-0.1, -0.05) is 18.2 Å². The second kappa shape index (κ2) is 4.51. The van der Waals surface area contributed by atoms with Crippen LogP contribution in [0.25, 0.3) is 10.9 Å². The molecule has 1 unspecified atom stereocenters. The summed E-state index contributed by atoms with van der Waals surface area (Å²) in [5.74, 6) is 0.730. The molecule has 0 saturated heterocycles. The van der Waals surface area contributed by atoms with Gasteiger partial charge in [-0.05, 0) is 43.2 Å². The molecule has 4 rings (SSSR count). The van der Waals surface area contributed by atoms with Crippen molar-refractivity contribution >= 4 is 10.9 Å². The number of rotatable bonds is 2. The maximum atomic E-state index is 4.13. The van der Waals surface area contributed by atoms with Crippen LogP contribution in [0, 0.1) is 5.92 Å². The Bertz CT molecular complexity index is 737. The molecule has 0 aliphatic heterocycles. The van der Waals surface area contributed by atoms with Gasteiger partial charge in [-0.3, -0.25) is 0 Å². The predicted molar refractivity (Wildman–Crippen MR) is 80.7 cm³/mol. The lowest BCUT2D eigenvalue weighted by Gasteiger charge is -2.23. The third-order valence-corrected chi connectivity index (χ3v) is 4.69. The van der Waals surface area contributed by atoms with Crippen LogP contribution >= 0.6 is 0 Å². The highest BCUT2D eigenvalue weighted by Gasteiger charge is 2.24. The summed E-state index contributed by atoms with van der Waals surface area (Å²) in [6.45, 7) is 0. The minimum absolute atomic E-state index is 0.730. The number of nitrogens with zero attached hydrogens (tertiary/aromatic N) is 2. The van der Waals surface area contributed by atoms with Gasteiger partial charge in [-0.2, -0.15) is 0 Å². The average molecular weight is 265 g/mol. The molecule has 20 heavy (non-hydrogen) atoms. The number of benzene rings is 1. The first-order valence-corrected chi connectivity index (χ1v) is 7.35. The highest BCUT2D eigenvalue weighted by molar-refractivity contribution is 5.85. The van der Waals surface area contributed by atoms with Gasteiger partial charge in [-0.25, -0.2) is 4.98 Å². The fraction of sp³-hybridized carbons (Fsp3) is 0.353. The topological polar surface area (TPSA) is 33.6 Å². The second-order valence-corrected chi connectivity index (χ2v) is 5.89. The Balaban J connectivity index is 1.70. The lowest BCUT2D eigenvalue weighted by atomic mass is 9.84. The van der Waals surface area contributed by atoms with Gasteiger partial charge in [0, 0.05) is 35.5 Å². The van der Waals surface area contributed by atoms with Crippen molar-refractivity contribution in [3.63, 3.8) is 0 Å². The molecule has 2 aromatic heterocycles. The molecule has 1 N–H and O–H groups in total. The molecule has 0 bridgehead atoms. The van der Waals surface area contributed by atoms with Crippen molar-refractivity contribution in [2.75, 3.05) is 0 Å². The number of hydrogen-bond acceptors (Lipinski definition) is 1. The quantitative estimate of drug-likeness (QED) is 0.758. The van der Waals surface area contributed by atoms with Gasteiger partial charge >= 0.3 is 0 Å². The summed E-state index contributed by atoms with van der Waals surface area (Å²) in [6.07, 6.45) is 8.51. The maximum absolute atomic E-state index is 4.13. The Morgan fingerprint density at radius 2 is 2.25 bits per heavy atom. The number of para-hydroxylation sites is 1. The Morgan fingerprint density at radius 3 is 3.10 bits per heavy atom. The van der Waals surface area contributed by atoms with E-state index in [9.17, 15) is 0 Å². The van der Waals surface area contributed by atoms with E-state index in [1.807, 2.05) is 6.20 Å². The molecule has 3 aromatic rings. The van der Waals surface area contributed by atoms with E-state index in [0.717, 1.165) is 12.3 Å². The van der Waals surface area contributed by atoms with E-state index in [1.165, 1.54) is 41.6 Å². The summed E-state index contributed by atoms with van der Waals surface area (Å²) in [6, 6.07) is 8.79. The van der Waals surface area contributed by atoms with Gasteiger partial charge in [0.2, 0.25) is 0 Å². The molecule has 0 spiro atoms. The van der Waals surface area contributed by atoms with E-state index in [1.54, 1.807) is 11.9 Å². The average Bonchev–Trinajstić information content (AvgIpc) is 3.08. The summed E-state index contributed by atoms with van der Waals surface area (Å²) in [7, 11) is 2.20. The lowest BCUT2D eigenvalue weighted by molar-refractivity contribution is 0.446. The van der Waals surface area contributed by atoms with Crippen LogP contribution in [0.3, 0.4) is 0 Å². The van der Waals surface area contributed by atoms with Crippen molar-refractivity contribution in [2.24, 2.45) is 13.0 Å². The first-order valence-electron chi connectivity index (χ1n) is 7.35. The van der Waals surface area contributed by atoms with Crippen LogP contribution in [0.1, 0.15) is 23.4 Å². The van der Waals surface area contributed by atoms with Crippen LogP contribution in [-0.2, 0) is 26.3 Å². The van der Waals surface area contributed by atoms with Gasteiger partial charge in [0.15, 0.2) is 0 Å². The van der Waals surface area contributed by atoms with Crippen LogP contribution in [0.15, 0.2) is 36.8 Å². The first kappa shape index (κ1) is 11.8. The molecular formula is C17H19N3. The van der Waals surface area contributed by atoms with Crippen molar-refractivity contribution in [3.8, 4) is 0 Å². The number of fused-ring (bicyclic) bond motifs is 3. The van der Waals surface area contributed by atoms with Gasteiger partial charge < -0.3 is 9.55 Å². The molecule has 0 fully saturated rings. The number of hydrogen-bond donors (Lipinski definition) is 1. The van der Waals surface area contributed by atoms with Crippen molar-refractivity contribution < 1.29 is 0 Å². The third-order valence-electron chi connectivity index (χ3n) is 4.69. The predicted octanol–water partition coefficient (Wildman–Crippen LogP) is 3.25. The Hall–Kier alpha value is -2.03. The van der Waals surface area contributed by atoms with Crippen LogP contribution < -0.4 is 0 Å². The summed E-state index contributed by atoms with van der Waals surface area (Å²) in [4.78, 5) is 7.36. The summed E-state index contributed by atoms with van der Waals surface area (Å²) in [5.41, 5.74) is 5.74. The summed E-state index contributed by atoms with van der Waals surface area (Å²) < 4.78 is 2.39. The Labute approximate surface area is 118 Å². The number of aromatic nitrogens is 3. The smallest absolute Gasteiger partial charge is 0.0921 e. The van der Waals surface area contributed by atoms with Crippen LogP contribution in [0.2, 0.25) is 0 Å². The largest absolute Gasteiger partial charge is 0.348 e. The normalized spacial score (nSPS) is 18.4. The van der Waals surface area contributed by atoms with E-state index < -0.39 is 0 Å². The second-order valence-electron chi connectivity index (χ2n) is 5.89. The van der Waals surface area contributed by atoms with Crippen LogP contribution in [-0.4, -0.2) is 14.5 Å². The number of aryl methyl sites for hydroxylation is 1. The fourth-order valence-electron chi connectivity index (χ4n) is 3.68. The van der Waals surface area contributed by atoms with Gasteiger partial charge in [0.05, 0.1) is 6.33 Å². The monoisotopic (exact) mass is 265 g/mol. The zero-order valence-electron chi connectivity index (χ0n) is 11.8. The molecular weight excluding hydrogens is 246 g/mol. The Kier molecular flexibility index (Phi) is 2.66. The summed E-state index contributed by atoms with van der Waals surface area (Å²) >= 11 is 0. The zero-order chi connectivity index (χ0) is 13.5. The van der Waals surface area contributed by atoms with E-state index >= 15 is 0 Å². The number of aromatic amines is 1. The molecule has 1 atom stereocenters. The van der Waals surface area contributed by atoms with Crippen LogP contribution in [0.4, 0.5) is 0 Å². The standard InChI is InChI=1S/C17H19N3/c1-20-16-5-3-2-4-14(16)15-9-12(6-7-17(15)20)8-13-10-18-11-19-13/h2-5,10-12H,6-9H2,1H3,(H,18,19). The molecule has 3 nitrogen and oxygen atoms in total. The number of imidazole rings is 1. The van der Waals surface area contributed by atoms with E-state index in [-0.39, 0.29) is 0 Å². The fourth-order valence-corrected chi connectivity index (χ4v) is 3.68. The molecule has 1 aliphatic rings. The van der Waals surface area contributed by atoms with E-state index in [4.69, 9.17) is 0 Å². The Morgan fingerprint density at radius 1 is 1.35 bits per heavy atom. The SMILES string of the molecule is Cn1c2c(c3ccccc31)CC(Cc1cnc[nH]1)CC2.